The Labute approximate surface area is 110 Å². The van der Waals surface area contributed by atoms with E-state index >= 15 is 0 Å². The van der Waals surface area contributed by atoms with E-state index in [2.05, 4.69) is 10.6 Å². The number of hydrogen-bond donors (Lipinski definition) is 3. The number of carbonyl (C=O) groups excluding carboxylic acids is 2. The van der Waals surface area contributed by atoms with Crippen LogP contribution in [-0.2, 0) is 4.79 Å². The molecule has 3 N–H and O–H groups in total. The van der Waals surface area contributed by atoms with E-state index in [-0.39, 0.29) is 18.4 Å². The molecule has 0 fully saturated rings. The van der Waals surface area contributed by atoms with Crippen molar-refractivity contribution in [2.75, 3.05) is 19.7 Å². The van der Waals surface area contributed by atoms with Crippen LogP contribution in [-0.4, -0.2) is 36.6 Å². The summed E-state index contributed by atoms with van der Waals surface area (Å²) in [4.78, 5) is 22.8. The molecule has 100 valence electrons. The Morgan fingerprint density at radius 1 is 1.22 bits per heavy atom. The van der Waals surface area contributed by atoms with E-state index in [0.717, 1.165) is 0 Å². The minimum absolute atomic E-state index is 0.0479. The largest absolute Gasteiger partial charge is 0.396 e. The molecular weight excluding hydrogens is 252 g/mol. The van der Waals surface area contributed by atoms with E-state index in [1.54, 1.807) is 11.4 Å². The second-order valence-corrected chi connectivity index (χ2v) is 4.58. The Bertz CT molecular complexity index is 365. The van der Waals surface area contributed by atoms with Crippen molar-refractivity contribution in [1.82, 2.24) is 10.6 Å². The number of rotatable bonds is 8. The summed E-state index contributed by atoms with van der Waals surface area (Å²) < 4.78 is 0. The maximum atomic E-state index is 11.5. The Balaban J connectivity index is 2.04. The van der Waals surface area contributed by atoms with E-state index in [4.69, 9.17) is 5.11 Å². The Kier molecular flexibility index (Phi) is 7.05. The molecule has 1 rings (SSSR count). The molecular formula is C12H18N2O3S. The highest BCUT2D eigenvalue weighted by molar-refractivity contribution is 7.08. The zero-order valence-corrected chi connectivity index (χ0v) is 11.0. The molecule has 0 aromatic carbocycles. The average molecular weight is 270 g/mol. The lowest BCUT2D eigenvalue weighted by Crippen LogP contribution is -2.28. The second kappa shape index (κ2) is 8.66. The van der Waals surface area contributed by atoms with Gasteiger partial charge in [0.15, 0.2) is 0 Å². The van der Waals surface area contributed by atoms with Crippen molar-refractivity contribution < 1.29 is 14.7 Å². The minimum atomic E-state index is -0.100. The summed E-state index contributed by atoms with van der Waals surface area (Å²) >= 11 is 1.48. The number of thiophene rings is 1. The molecule has 18 heavy (non-hydrogen) atoms. The first kappa shape index (κ1) is 14.7. The first-order chi connectivity index (χ1) is 8.74. The first-order valence-electron chi connectivity index (χ1n) is 5.92. The molecule has 1 heterocycles. The lowest BCUT2D eigenvalue weighted by atomic mass is 10.2. The van der Waals surface area contributed by atoms with Crippen LogP contribution in [0.15, 0.2) is 16.8 Å². The topological polar surface area (TPSA) is 78.4 Å². The summed E-state index contributed by atoms with van der Waals surface area (Å²) in [6.07, 6.45) is 1.57. The molecule has 0 bridgehead atoms. The Morgan fingerprint density at radius 3 is 2.67 bits per heavy atom. The number of aliphatic hydroxyl groups excluding tert-OH is 1. The van der Waals surface area contributed by atoms with Gasteiger partial charge in [0.1, 0.15) is 0 Å². The number of aliphatic hydroxyl groups is 1. The van der Waals surface area contributed by atoms with Crippen molar-refractivity contribution in [1.29, 1.82) is 0 Å². The fourth-order valence-corrected chi connectivity index (χ4v) is 1.98. The van der Waals surface area contributed by atoms with E-state index in [0.29, 0.717) is 37.9 Å². The van der Waals surface area contributed by atoms with Crippen LogP contribution in [0.25, 0.3) is 0 Å². The molecule has 0 unspecified atom stereocenters. The molecule has 5 nitrogen and oxygen atoms in total. The zero-order valence-electron chi connectivity index (χ0n) is 10.1. The highest BCUT2D eigenvalue weighted by Crippen LogP contribution is 2.05. The molecule has 0 saturated carbocycles. The zero-order chi connectivity index (χ0) is 13.2. The number of hydrogen-bond acceptors (Lipinski definition) is 4. The van der Waals surface area contributed by atoms with Crippen LogP contribution in [0.2, 0.25) is 0 Å². The van der Waals surface area contributed by atoms with Gasteiger partial charge >= 0.3 is 0 Å². The van der Waals surface area contributed by atoms with E-state index < -0.39 is 0 Å². The van der Waals surface area contributed by atoms with Gasteiger partial charge in [-0.3, -0.25) is 9.59 Å². The monoisotopic (exact) mass is 270 g/mol. The van der Waals surface area contributed by atoms with Crippen LogP contribution in [0.4, 0.5) is 0 Å². The Hall–Kier alpha value is -1.40. The summed E-state index contributed by atoms with van der Waals surface area (Å²) in [6.45, 7) is 1.07. The quantitative estimate of drug-likeness (QED) is 0.610. The van der Waals surface area contributed by atoms with Crippen LogP contribution >= 0.6 is 11.3 Å². The molecule has 0 aliphatic rings. The predicted octanol–water partition coefficient (Wildman–Crippen LogP) is 0.757. The SMILES string of the molecule is O=C(CCCNC(=O)c1ccsc1)NCCCO. The van der Waals surface area contributed by atoms with Gasteiger partial charge in [0.25, 0.3) is 5.91 Å². The molecule has 0 spiro atoms. The smallest absolute Gasteiger partial charge is 0.252 e. The van der Waals surface area contributed by atoms with Crippen molar-refractivity contribution >= 4 is 23.2 Å². The molecule has 0 aliphatic heterocycles. The van der Waals surface area contributed by atoms with E-state index in [9.17, 15) is 9.59 Å². The number of amides is 2. The number of carbonyl (C=O) groups is 2. The molecule has 1 aromatic heterocycles. The predicted molar refractivity (Wildman–Crippen MR) is 70.6 cm³/mol. The maximum Gasteiger partial charge on any atom is 0.252 e. The van der Waals surface area contributed by atoms with Crippen LogP contribution in [0, 0.1) is 0 Å². The van der Waals surface area contributed by atoms with Crippen molar-refractivity contribution in [3.63, 3.8) is 0 Å². The van der Waals surface area contributed by atoms with E-state index in [1.165, 1.54) is 11.3 Å². The van der Waals surface area contributed by atoms with Crippen LogP contribution in [0.1, 0.15) is 29.6 Å². The third-order valence-corrected chi connectivity index (χ3v) is 2.99. The van der Waals surface area contributed by atoms with Gasteiger partial charge in [-0.1, -0.05) is 0 Å². The first-order valence-corrected chi connectivity index (χ1v) is 6.86. The standard InChI is InChI=1S/C12H18N2O3S/c15-7-2-6-13-11(16)3-1-5-14-12(17)10-4-8-18-9-10/h4,8-9,15H,1-3,5-7H2,(H,13,16)(H,14,17). The van der Waals surface area contributed by atoms with Crippen LogP contribution < -0.4 is 10.6 Å². The summed E-state index contributed by atoms with van der Waals surface area (Å²) in [5.74, 6) is -0.148. The molecule has 0 saturated heterocycles. The van der Waals surface area contributed by atoms with Gasteiger partial charge in [0.2, 0.25) is 5.91 Å². The van der Waals surface area contributed by atoms with Gasteiger partial charge in [0.05, 0.1) is 0 Å². The van der Waals surface area contributed by atoms with Gasteiger partial charge < -0.3 is 15.7 Å². The molecule has 1 aromatic rings. The van der Waals surface area contributed by atoms with Crippen molar-refractivity contribution in [3.8, 4) is 0 Å². The molecule has 0 radical (unpaired) electrons. The van der Waals surface area contributed by atoms with Crippen LogP contribution in [0.5, 0.6) is 0 Å². The summed E-state index contributed by atoms with van der Waals surface area (Å²) in [7, 11) is 0. The fourth-order valence-electron chi connectivity index (χ4n) is 1.34. The molecule has 2 amide bonds. The Morgan fingerprint density at radius 2 is 2.00 bits per heavy atom. The summed E-state index contributed by atoms with van der Waals surface area (Å²) in [5, 5.41) is 17.6. The third kappa shape index (κ3) is 5.79. The van der Waals surface area contributed by atoms with Crippen LogP contribution in [0.3, 0.4) is 0 Å². The molecule has 0 aliphatic carbocycles. The minimum Gasteiger partial charge on any atom is -0.396 e. The van der Waals surface area contributed by atoms with Crippen molar-refractivity contribution in [3.05, 3.63) is 22.4 Å². The van der Waals surface area contributed by atoms with Gasteiger partial charge in [0, 0.05) is 37.1 Å². The van der Waals surface area contributed by atoms with E-state index in [1.807, 2.05) is 5.38 Å². The lowest BCUT2D eigenvalue weighted by molar-refractivity contribution is -0.121. The highest BCUT2D eigenvalue weighted by Gasteiger charge is 2.05. The third-order valence-electron chi connectivity index (χ3n) is 2.31. The number of nitrogens with one attached hydrogen (secondary N) is 2. The highest BCUT2D eigenvalue weighted by atomic mass is 32.1. The van der Waals surface area contributed by atoms with Crippen molar-refractivity contribution in [2.45, 2.75) is 19.3 Å². The summed E-state index contributed by atoms with van der Waals surface area (Å²) in [5.41, 5.74) is 0.660. The maximum absolute atomic E-state index is 11.5. The van der Waals surface area contributed by atoms with Gasteiger partial charge in [-0.25, -0.2) is 0 Å². The normalized spacial score (nSPS) is 10.1. The second-order valence-electron chi connectivity index (χ2n) is 3.80. The molecule has 6 heteroatoms. The van der Waals surface area contributed by atoms with Gasteiger partial charge in [-0.15, -0.1) is 0 Å². The van der Waals surface area contributed by atoms with Gasteiger partial charge in [-0.2, -0.15) is 11.3 Å². The lowest BCUT2D eigenvalue weighted by Gasteiger charge is -2.05. The van der Waals surface area contributed by atoms with Gasteiger partial charge in [-0.05, 0) is 24.3 Å². The summed E-state index contributed by atoms with van der Waals surface area (Å²) in [6, 6.07) is 1.77. The van der Waals surface area contributed by atoms with Crippen molar-refractivity contribution in [2.24, 2.45) is 0 Å². The average Bonchev–Trinajstić information content (AvgIpc) is 2.88. The molecule has 0 atom stereocenters. The fraction of sp³-hybridized carbons (Fsp3) is 0.500.